The Labute approximate surface area is 191 Å². The Balaban J connectivity index is 1.46. The van der Waals surface area contributed by atoms with Gasteiger partial charge in [0.2, 0.25) is 0 Å². The number of halogens is 1. The number of benzene rings is 2. The number of nitrogens with one attached hydrogen (secondary N) is 1. The van der Waals surface area contributed by atoms with Crippen molar-refractivity contribution < 1.29 is 9.53 Å². The molecule has 0 radical (unpaired) electrons. The molecule has 2 aromatic heterocycles. The van der Waals surface area contributed by atoms with Gasteiger partial charge >= 0.3 is 0 Å². The molecule has 162 valence electrons. The number of carbonyl (C=O) groups is 1. The van der Waals surface area contributed by atoms with E-state index in [2.05, 4.69) is 15.4 Å². The monoisotopic (exact) mass is 446 g/mol. The van der Waals surface area contributed by atoms with Crippen LogP contribution in [0, 0.1) is 6.92 Å². The number of ether oxygens (including phenoxy) is 1. The van der Waals surface area contributed by atoms with E-state index in [4.69, 9.17) is 16.3 Å². The van der Waals surface area contributed by atoms with Crippen molar-refractivity contribution in [2.75, 3.05) is 0 Å². The largest absolute Gasteiger partial charge is 0.489 e. The van der Waals surface area contributed by atoms with Crippen molar-refractivity contribution in [3.05, 3.63) is 112 Å². The molecule has 1 amide bonds. The van der Waals surface area contributed by atoms with Gasteiger partial charge in [-0.1, -0.05) is 41.9 Å². The topological polar surface area (TPSA) is 69.0 Å². The van der Waals surface area contributed by atoms with Gasteiger partial charge in [-0.05, 0) is 54.4 Å². The summed E-state index contributed by atoms with van der Waals surface area (Å²) >= 11 is 6.24. The zero-order valence-corrected chi connectivity index (χ0v) is 18.4. The van der Waals surface area contributed by atoms with Crippen LogP contribution in [0.2, 0.25) is 5.02 Å². The number of amides is 1. The Morgan fingerprint density at radius 2 is 1.81 bits per heavy atom. The van der Waals surface area contributed by atoms with Crippen molar-refractivity contribution in [2.45, 2.75) is 26.6 Å². The highest BCUT2D eigenvalue weighted by atomic mass is 35.5. The molecule has 4 aromatic rings. The Morgan fingerprint density at radius 1 is 1.03 bits per heavy atom. The summed E-state index contributed by atoms with van der Waals surface area (Å²) in [6.07, 6.45) is 3.39. The fourth-order valence-electron chi connectivity index (χ4n) is 3.26. The SMILES string of the molecule is Cc1cc(C(=O)NCc2ccncc2)nn1Cc1cc(Cl)ccc1OCc1ccccc1. The lowest BCUT2D eigenvalue weighted by molar-refractivity contribution is 0.0945. The van der Waals surface area contributed by atoms with Crippen LogP contribution in [-0.4, -0.2) is 20.7 Å². The van der Waals surface area contributed by atoms with Crippen LogP contribution in [0.15, 0.2) is 79.1 Å². The van der Waals surface area contributed by atoms with Crippen LogP contribution < -0.4 is 10.1 Å². The number of pyridine rings is 1. The van der Waals surface area contributed by atoms with Crippen molar-refractivity contribution in [1.29, 1.82) is 0 Å². The van der Waals surface area contributed by atoms with E-state index in [1.165, 1.54) is 0 Å². The van der Waals surface area contributed by atoms with E-state index in [0.29, 0.717) is 30.4 Å². The van der Waals surface area contributed by atoms with E-state index in [1.807, 2.05) is 61.5 Å². The molecule has 0 saturated heterocycles. The Bertz CT molecular complexity index is 1190. The normalized spacial score (nSPS) is 10.7. The molecule has 7 heteroatoms. The van der Waals surface area contributed by atoms with Crippen LogP contribution >= 0.6 is 11.6 Å². The van der Waals surface area contributed by atoms with Crippen LogP contribution in [0.25, 0.3) is 0 Å². The second-order valence-electron chi connectivity index (χ2n) is 7.39. The van der Waals surface area contributed by atoms with Gasteiger partial charge in [0, 0.05) is 35.2 Å². The molecule has 2 heterocycles. The van der Waals surface area contributed by atoms with E-state index in [9.17, 15) is 4.79 Å². The number of rotatable bonds is 8. The van der Waals surface area contributed by atoms with Crippen molar-refractivity contribution in [2.24, 2.45) is 0 Å². The molecule has 4 rings (SSSR count). The summed E-state index contributed by atoms with van der Waals surface area (Å²) in [6, 6.07) is 21.0. The molecule has 0 aliphatic heterocycles. The maximum absolute atomic E-state index is 12.6. The van der Waals surface area contributed by atoms with Gasteiger partial charge in [0.1, 0.15) is 18.1 Å². The molecule has 0 fully saturated rings. The first-order chi connectivity index (χ1) is 15.6. The van der Waals surface area contributed by atoms with Crippen LogP contribution in [0.5, 0.6) is 5.75 Å². The highest BCUT2D eigenvalue weighted by Crippen LogP contribution is 2.25. The molecule has 0 unspecified atom stereocenters. The second-order valence-corrected chi connectivity index (χ2v) is 7.83. The van der Waals surface area contributed by atoms with E-state index in [0.717, 1.165) is 28.1 Å². The minimum absolute atomic E-state index is 0.227. The Kier molecular flexibility index (Phi) is 6.82. The minimum Gasteiger partial charge on any atom is -0.489 e. The van der Waals surface area contributed by atoms with E-state index < -0.39 is 0 Å². The summed E-state index contributed by atoms with van der Waals surface area (Å²) in [4.78, 5) is 16.5. The highest BCUT2D eigenvalue weighted by molar-refractivity contribution is 6.30. The molecular formula is C25H23ClN4O2. The predicted octanol–water partition coefficient (Wildman–Crippen LogP) is 4.80. The molecule has 32 heavy (non-hydrogen) atoms. The molecule has 0 aliphatic carbocycles. The quantitative estimate of drug-likeness (QED) is 0.422. The number of hydrogen-bond acceptors (Lipinski definition) is 4. The Hall–Kier alpha value is -3.64. The van der Waals surface area contributed by atoms with E-state index >= 15 is 0 Å². The lowest BCUT2D eigenvalue weighted by Crippen LogP contribution is -2.23. The van der Waals surface area contributed by atoms with Crippen molar-refractivity contribution >= 4 is 17.5 Å². The molecule has 0 atom stereocenters. The summed E-state index contributed by atoms with van der Waals surface area (Å²) in [5.41, 5.74) is 4.18. The van der Waals surface area contributed by atoms with Crippen LogP contribution in [0.3, 0.4) is 0 Å². The average molecular weight is 447 g/mol. The maximum atomic E-state index is 12.6. The summed E-state index contributed by atoms with van der Waals surface area (Å²) in [6.45, 7) is 3.23. The van der Waals surface area contributed by atoms with E-state index in [-0.39, 0.29) is 5.91 Å². The summed E-state index contributed by atoms with van der Waals surface area (Å²) in [7, 11) is 0. The summed E-state index contributed by atoms with van der Waals surface area (Å²) < 4.78 is 7.83. The van der Waals surface area contributed by atoms with Gasteiger partial charge in [-0.2, -0.15) is 5.10 Å². The number of nitrogens with zero attached hydrogens (tertiary/aromatic N) is 3. The summed E-state index contributed by atoms with van der Waals surface area (Å²) in [5, 5.41) is 8.01. The second kappa shape index (κ2) is 10.1. The fourth-order valence-corrected chi connectivity index (χ4v) is 3.46. The van der Waals surface area contributed by atoms with Gasteiger partial charge in [-0.15, -0.1) is 0 Å². The molecule has 0 bridgehead atoms. The van der Waals surface area contributed by atoms with Gasteiger partial charge < -0.3 is 10.1 Å². The third-order valence-electron chi connectivity index (χ3n) is 5.00. The molecule has 2 aromatic carbocycles. The Morgan fingerprint density at radius 3 is 2.59 bits per heavy atom. The number of carbonyl (C=O) groups excluding carboxylic acids is 1. The molecular weight excluding hydrogens is 424 g/mol. The predicted molar refractivity (Wildman–Crippen MR) is 124 cm³/mol. The third-order valence-corrected chi connectivity index (χ3v) is 5.23. The molecule has 0 spiro atoms. The summed E-state index contributed by atoms with van der Waals surface area (Å²) in [5.74, 6) is 0.507. The van der Waals surface area contributed by atoms with Crippen LogP contribution in [0.1, 0.15) is 32.9 Å². The zero-order valence-electron chi connectivity index (χ0n) is 17.7. The highest BCUT2D eigenvalue weighted by Gasteiger charge is 2.14. The van der Waals surface area contributed by atoms with Crippen LogP contribution in [-0.2, 0) is 19.7 Å². The lowest BCUT2D eigenvalue weighted by Gasteiger charge is -2.13. The fraction of sp³-hybridized carbons (Fsp3) is 0.160. The standard InChI is InChI=1S/C25H23ClN4O2/c1-18-13-23(25(31)28-15-19-9-11-27-12-10-19)29-30(18)16-21-14-22(26)7-8-24(21)32-17-20-5-3-2-4-6-20/h2-14H,15-17H2,1H3,(H,28,31). The molecule has 0 saturated carbocycles. The average Bonchev–Trinajstić information content (AvgIpc) is 3.18. The van der Waals surface area contributed by atoms with Crippen molar-refractivity contribution in [3.8, 4) is 5.75 Å². The van der Waals surface area contributed by atoms with Crippen molar-refractivity contribution in [3.63, 3.8) is 0 Å². The molecule has 1 N–H and O–H groups in total. The smallest absolute Gasteiger partial charge is 0.272 e. The van der Waals surface area contributed by atoms with Gasteiger partial charge in [0.25, 0.3) is 5.91 Å². The van der Waals surface area contributed by atoms with Gasteiger partial charge in [0.15, 0.2) is 0 Å². The van der Waals surface area contributed by atoms with Gasteiger partial charge in [-0.3, -0.25) is 14.5 Å². The van der Waals surface area contributed by atoms with E-state index in [1.54, 1.807) is 29.2 Å². The first-order valence-electron chi connectivity index (χ1n) is 10.3. The minimum atomic E-state index is -0.227. The third kappa shape index (κ3) is 5.53. The van der Waals surface area contributed by atoms with Crippen molar-refractivity contribution in [1.82, 2.24) is 20.1 Å². The maximum Gasteiger partial charge on any atom is 0.272 e. The first-order valence-corrected chi connectivity index (χ1v) is 10.6. The zero-order chi connectivity index (χ0) is 22.3. The van der Waals surface area contributed by atoms with Gasteiger partial charge in [-0.25, -0.2) is 0 Å². The lowest BCUT2D eigenvalue weighted by atomic mass is 10.2. The number of hydrogen-bond donors (Lipinski definition) is 1. The molecule has 6 nitrogen and oxygen atoms in total. The van der Waals surface area contributed by atoms with Crippen LogP contribution in [0.4, 0.5) is 0 Å². The molecule has 0 aliphatic rings. The number of aromatic nitrogens is 3. The first kappa shape index (κ1) is 21.6. The number of aryl methyl sites for hydroxylation is 1. The van der Waals surface area contributed by atoms with Gasteiger partial charge in [0.05, 0.1) is 6.54 Å².